The third-order valence-electron chi connectivity index (χ3n) is 2.76. The van der Waals surface area contributed by atoms with E-state index in [1.807, 2.05) is 12.1 Å². The number of fused-ring (bicyclic) bond motifs is 1. The molecule has 0 spiro atoms. The molecule has 19 heavy (non-hydrogen) atoms. The highest BCUT2D eigenvalue weighted by Gasteiger charge is 2.18. The molecule has 0 aliphatic carbocycles. The summed E-state index contributed by atoms with van der Waals surface area (Å²) in [7, 11) is 0. The van der Waals surface area contributed by atoms with Gasteiger partial charge in [-0.15, -0.1) is 12.3 Å². The number of nitrogens with one attached hydrogen (secondary N) is 1. The van der Waals surface area contributed by atoms with Crippen molar-refractivity contribution in [1.29, 1.82) is 0 Å². The van der Waals surface area contributed by atoms with Crippen LogP contribution in [0.5, 0.6) is 17.2 Å². The summed E-state index contributed by atoms with van der Waals surface area (Å²) in [6.45, 7) is 5.70. The summed E-state index contributed by atoms with van der Waals surface area (Å²) in [4.78, 5) is 0. The Balaban J connectivity index is 2.15. The molecule has 4 nitrogen and oxygen atoms in total. The fourth-order valence-corrected chi connectivity index (χ4v) is 1.77. The van der Waals surface area contributed by atoms with Crippen LogP contribution in [0.3, 0.4) is 0 Å². The SMILES string of the molecule is C#CCCOc1cc2c(cc1CNC(C)C)OCO2. The largest absolute Gasteiger partial charge is 0.492 e. The molecule has 0 saturated heterocycles. The first-order valence-electron chi connectivity index (χ1n) is 6.43. The molecule has 0 bridgehead atoms. The lowest BCUT2D eigenvalue weighted by molar-refractivity contribution is 0.173. The third kappa shape index (κ3) is 3.55. The second-order valence-corrected chi connectivity index (χ2v) is 4.65. The highest BCUT2D eigenvalue weighted by atomic mass is 16.7. The van der Waals surface area contributed by atoms with E-state index in [0.29, 0.717) is 19.1 Å². The predicted molar refractivity (Wildman–Crippen MR) is 73.5 cm³/mol. The topological polar surface area (TPSA) is 39.7 Å². The Morgan fingerprint density at radius 2 is 2.11 bits per heavy atom. The van der Waals surface area contributed by atoms with Gasteiger partial charge in [0.2, 0.25) is 6.79 Å². The van der Waals surface area contributed by atoms with Crippen molar-refractivity contribution in [2.75, 3.05) is 13.4 Å². The summed E-state index contributed by atoms with van der Waals surface area (Å²) in [5.74, 6) is 4.86. The summed E-state index contributed by atoms with van der Waals surface area (Å²) < 4.78 is 16.5. The summed E-state index contributed by atoms with van der Waals surface area (Å²) in [6.07, 6.45) is 5.82. The van der Waals surface area contributed by atoms with Crippen LogP contribution in [0, 0.1) is 12.3 Å². The van der Waals surface area contributed by atoms with Gasteiger partial charge in [0, 0.05) is 30.6 Å². The number of ether oxygens (including phenoxy) is 3. The smallest absolute Gasteiger partial charge is 0.231 e. The maximum atomic E-state index is 5.72. The Morgan fingerprint density at radius 1 is 1.37 bits per heavy atom. The van der Waals surface area contributed by atoms with E-state index >= 15 is 0 Å². The maximum Gasteiger partial charge on any atom is 0.231 e. The lowest BCUT2D eigenvalue weighted by Gasteiger charge is -2.14. The Kier molecular flexibility index (Phi) is 4.53. The molecular formula is C15H19NO3. The van der Waals surface area contributed by atoms with Gasteiger partial charge in [-0.25, -0.2) is 0 Å². The Labute approximate surface area is 114 Å². The normalized spacial score (nSPS) is 12.5. The van der Waals surface area contributed by atoms with Crippen molar-refractivity contribution < 1.29 is 14.2 Å². The first-order chi connectivity index (χ1) is 9.20. The first kappa shape index (κ1) is 13.6. The van der Waals surface area contributed by atoms with Gasteiger partial charge in [0.15, 0.2) is 11.5 Å². The van der Waals surface area contributed by atoms with Gasteiger partial charge in [-0.05, 0) is 6.07 Å². The van der Waals surface area contributed by atoms with E-state index in [1.54, 1.807) is 0 Å². The molecule has 102 valence electrons. The van der Waals surface area contributed by atoms with Crippen molar-refractivity contribution >= 4 is 0 Å². The number of hydrogen-bond acceptors (Lipinski definition) is 4. The molecular weight excluding hydrogens is 242 g/mol. The molecule has 4 heteroatoms. The molecule has 0 radical (unpaired) electrons. The van der Waals surface area contributed by atoms with Crippen LogP contribution < -0.4 is 19.5 Å². The third-order valence-corrected chi connectivity index (χ3v) is 2.76. The summed E-state index contributed by atoms with van der Waals surface area (Å²) in [5, 5.41) is 3.37. The molecule has 0 unspecified atom stereocenters. The van der Waals surface area contributed by atoms with Crippen molar-refractivity contribution in [3.8, 4) is 29.6 Å². The van der Waals surface area contributed by atoms with Gasteiger partial charge in [-0.1, -0.05) is 13.8 Å². The summed E-state index contributed by atoms with van der Waals surface area (Å²) in [5.41, 5.74) is 1.05. The zero-order valence-electron chi connectivity index (χ0n) is 11.4. The maximum absolute atomic E-state index is 5.72. The fraction of sp³-hybridized carbons (Fsp3) is 0.467. The lowest BCUT2D eigenvalue weighted by Crippen LogP contribution is -2.22. The molecule has 0 saturated carbocycles. The molecule has 0 aromatic heterocycles. The van der Waals surface area contributed by atoms with Crippen LogP contribution >= 0.6 is 0 Å². The van der Waals surface area contributed by atoms with Gasteiger partial charge in [-0.3, -0.25) is 0 Å². The zero-order chi connectivity index (χ0) is 13.7. The molecule has 1 aromatic carbocycles. The number of hydrogen-bond donors (Lipinski definition) is 1. The van der Waals surface area contributed by atoms with Gasteiger partial charge < -0.3 is 19.5 Å². The zero-order valence-corrected chi connectivity index (χ0v) is 11.4. The van der Waals surface area contributed by atoms with Crippen molar-refractivity contribution in [2.24, 2.45) is 0 Å². The van der Waals surface area contributed by atoms with E-state index < -0.39 is 0 Å². The number of benzene rings is 1. The second kappa shape index (κ2) is 6.35. The summed E-state index contributed by atoms with van der Waals surface area (Å²) >= 11 is 0. The lowest BCUT2D eigenvalue weighted by atomic mass is 10.1. The molecule has 1 aliphatic rings. The van der Waals surface area contributed by atoms with Gasteiger partial charge in [0.25, 0.3) is 0 Å². The van der Waals surface area contributed by atoms with Gasteiger partial charge in [-0.2, -0.15) is 0 Å². The molecule has 2 rings (SSSR count). The van der Waals surface area contributed by atoms with E-state index in [-0.39, 0.29) is 6.79 Å². The molecule has 0 fully saturated rings. The highest BCUT2D eigenvalue weighted by Crippen LogP contribution is 2.38. The van der Waals surface area contributed by atoms with Crippen molar-refractivity contribution in [3.63, 3.8) is 0 Å². The van der Waals surface area contributed by atoms with Crippen LogP contribution in [0.2, 0.25) is 0 Å². The van der Waals surface area contributed by atoms with Gasteiger partial charge in [0.1, 0.15) is 5.75 Å². The van der Waals surface area contributed by atoms with E-state index in [0.717, 1.165) is 29.4 Å². The summed E-state index contributed by atoms with van der Waals surface area (Å²) in [6, 6.07) is 4.24. The van der Waals surface area contributed by atoms with Crippen molar-refractivity contribution in [1.82, 2.24) is 5.32 Å². The Morgan fingerprint density at radius 3 is 2.79 bits per heavy atom. The Hall–Kier alpha value is -1.86. The van der Waals surface area contributed by atoms with Crippen LogP contribution in [0.15, 0.2) is 12.1 Å². The van der Waals surface area contributed by atoms with Crippen LogP contribution in [0.25, 0.3) is 0 Å². The molecule has 1 N–H and O–H groups in total. The van der Waals surface area contributed by atoms with Crippen LogP contribution in [0.4, 0.5) is 0 Å². The quantitative estimate of drug-likeness (QED) is 0.630. The fourth-order valence-electron chi connectivity index (χ4n) is 1.77. The van der Waals surface area contributed by atoms with Crippen LogP contribution in [0.1, 0.15) is 25.8 Å². The van der Waals surface area contributed by atoms with Crippen molar-refractivity contribution in [3.05, 3.63) is 17.7 Å². The monoisotopic (exact) mass is 261 g/mol. The molecule has 1 heterocycles. The standard InChI is InChI=1S/C15H19NO3/c1-4-5-6-17-13-8-15-14(18-10-19-15)7-12(13)9-16-11(2)3/h1,7-8,11,16H,5-6,9-10H2,2-3H3. The van der Waals surface area contributed by atoms with E-state index in [4.69, 9.17) is 20.6 Å². The minimum Gasteiger partial charge on any atom is -0.492 e. The van der Waals surface area contributed by atoms with Crippen molar-refractivity contribution in [2.45, 2.75) is 32.9 Å². The minimum atomic E-state index is 0.264. The molecule has 1 aromatic rings. The predicted octanol–water partition coefficient (Wildman–Crippen LogP) is 2.32. The molecule has 0 amide bonds. The minimum absolute atomic E-state index is 0.264. The first-order valence-corrected chi connectivity index (χ1v) is 6.43. The number of rotatable bonds is 6. The van der Waals surface area contributed by atoms with Gasteiger partial charge >= 0.3 is 0 Å². The van der Waals surface area contributed by atoms with Crippen LogP contribution in [-0.4, -0.2) is 19.4 Å². The second-order valence-electron chi connectivity index (χ2n) is 4.65. The van der Waals surface area contributed by atoms with Gasteiger partial charge in [0.05, 0.1) is 6.61 Å². The molecule has 0 atom stereocenters. The van der Waals surface area contributed by atoms with Crippen LogP contribution in [-0.2, 0) is 6.54 Å². The van der Waals surface area contributed by atoms with E-state index in [2.05, 4.69) is 25.1 Å². The average Bonchev–Trinajstić information content (AvgIpc) is 2.83. The Bertz CT molecular complexity index is 477. The van der Waals surface area contributed by atoms with E-state index in [1.165, 1.54) is 0 Å². The van der Waals surface area contributed by atoms with E-state index in [9.17, 15) is 0 Å². The average molecular weight is 261 g/mol. The molecule has 1 aliphatic heterocycles. The highest BCUT2D eigenvalue weighted by molar-refractivity contribution is 5.51. The number of terminal acetylenes is 1.